The average molecular weight is 264 g/mol. The van der Waals surface area contributed by atoms with Gasteiger partial charge in [-0.1, -0.05) is 6.07 Å². The number of benzene rings is 1. The molecule has 0 aliphatic heterocycles. The van der Waals surface area contributed by atoms with Crippen LogP contribution in [0.25, 0.3) is 10.9 Å². The molecule has 1 aromatic carbocycles. The van der Waals surface area contributed by atoms with Crippen LogP contribution in [0, 0.1) is 5.82 Å². The monoisotopic (exact) mass is 264 g/mol. The van der Waals surface area contributed by atoms with Gasteiger partial charge in [0.25, 0.3) is 0 Å². The predicted molar refractivity (Wildman–Crippen MR) is 71.3 cm³/mol. The molecule has 1 heterocycles. The van der Waals surface area contributed by atoms with Crippen LogP contribution in [0.1, 0.15) is 26.3 Å². The maximum atomic E-state index is 14.1. The van der Waals surface area contributed by atoms with Gasteiger partial charge in [-0.2, -0.15) is 0 Å². The molecular formula is C14H17FN2O2. The highest BCUT2D eigenvalue weighted by molar-refractivity contribution is 5.81. The van der Waals surface area contributed by atoms with Gasteiger partial charge in [0.1, 0.15) is 11.4 Å². The number of fused-ring (bicyclic) bond motifs is 1. The quantitative estimate of drug-likeness (QED) is 0.874. The molecule has 0 saturated carbocycles. The van der Waals surface area contributed by atoms with Crippen molar-refractivity contribution in [3.05, 3.63) is 35.8 Å². The third-order valence-corrected chi connectivity index (χ3v) is 2.57. The molecule has 19 heavy (non-hydrogen) atoms. The van der Waals surface area contributed by atoms with Crippen LogP contribution in [-0.4, -0.2) is 16.7 Å². The summed E-state index contributed by atoms with van der Waals surface area (Å²) in [6.07, 6.45) is 1.12. The van der Waals surface area contributed by atoms with Gasteiger partial charge in [-0.3, -0.25) is 0 Å². The zero-order valence-electron chi connectivity index (χ0n) is 11.2. The van der Waals surface area contributed by atoms with Crippen molar-refractivity contribution in [1.82, 2.24) is 10.3 Å². The van der Waals surface area contributed by atoms with Crippen LogP contribution in [0.4, 0.5) is 9.18 Å². The van der Waals surface area contributed by atoms with E-state index in [4.69, 9.17) is 4.74 Å². The number of ether oxygens (including phenoxy) is 1. The molecule has 1 amide bonds. The number of hydrogen-bond donors (Lipinski definition) is 2. The standard InChI is InChI=1S/C14H17FN2O2/c1-14(2,3)19-13(18)17-8-9-4-5-11-10(12(9)15)6-7-16-11/h4-7,16H,8H2,1-3H3,(H,17,18). The number of rotatable bonds is 2. The zero-order valence-corrected chi connectivity index (χ0v) is 11.2. The SMILES string of the molecule is CC(C)(C)OC(=O)NCc1ccc2[nH]ccc2c1F. The molecule has 0 fully saturated rings. The van der Waals surface area contributed by atoms with Gasteiger partial charge < -0.3 is 15.0 Å². The second-order valence-electron chi connectivity index (χ2n) is 5.33. The number of H-pyrrole nitrogens is 1. The number of amides is 1. The predicted octanol–water partition coefficient (Wildman–Crippen LogP) is 3.33. The molecule has 0 unspecified atom stereocenters. The fraction of sp³-hybridized carbons (Fsp3) is 0.357. The highest BCUT2D eigenvalue weighted by Gasteiger charge is 2.16. The first-order valence-corrected chi connectivity index (χ1v) is 6.08. The Morgan fingerprint density at radius 3 is 2.79 bits per heavy atom. The largest absolute Gasteiger partial charge is 0.444 e. The second kappa shape index (κ2) is 4.91. The first-order chi connectivity index (χ1) is 8.87. The van der Waals surface area contributed by atoms with Gasteiger partial charge in [0.05, 0.1) is 0 Å². The summed E-state index contributed by atoms with van der Waals surface area (Å²) in [5.74, 6) is -0.324. The van der Waals surface area contributed by atoms with Gasteiger partial charge in [0.15, 0.2) is 0 Å². The van der Waals surface area contributed by atoms with Crippen LogP contribution in [0.15, 0.2) is 24.4 Å². The molecule has 1 aromatic heterocycles. The molecule has 102 valence electrons. The lowest BCUT2D eigenvalue weighted by Crippen LogP contribution is -2.32. The van der Waals surface area contributed by atoms with Crippen LogP contribution in [-0.2, 0) is 11.3 Å². The summed E-state index contributed by atoms with van der Waals surface area (Å²) in [7, 11) is 0. The van der Waals surface area contributed by atoms with Gasteiger partial charge in [0.2, 0.25) is 0 Å². The van der Waals surface area contributed by atoms with Gasteiger partial charge in [-0.05, 0) is 32.9 Å². The smallest absolute Gasteiger partial charge is 0.407 e. The molecule has 0 bridgehead atoms. The van der Waals surface area contributed by atoms with Crippen molar-refractivity contribution in [1.29, 1.82) is 0 Å². The molecule has 2 N–H and O–H groups in total. The van der Waals surface area contributed by atoms with E-state index in [1.54, 1.807) is 45.2 Å². The fourth-order valence-electron chi connectivity index (χ4n) is 1.76. The van der Waals surface area contributed by atoms with Crippen LogP contribution < -0.4 is 5.32 Å². The summed E-state index contributed by atoms with van der Waals surface area (Å²) in [6.45, 7) is 5.43. The number of carbonyl (C=O) groups is 1. The van der Waals surface area contributed by atoms with E-state index in [0.29, 0.717) is 10.9 Å². The molecule has 4 nitrogen and oxygen atoms in total. The number of aromatic nitrogens is 1. The molecule has 2 aromatic rings. The number of alkyl carbamates (subject to hydrolysis) is 1. The Kier molecular flexibility index (Phi) is 3.46. The normalized spacial score (nSPS) is 11.6. The summed E-state index contributed by atoms with van der Waals surface area (Å²) in [5.41, 5.74) is 0.601. The van der Waals surface area contributed by atoms with E-state index in [0.717, 1.165) is 5.52 Å². The van der Waals surface area contributed by atoms with Gasteiger partial charge in [-0.25, -0.2) is 9.18 Å². The molecule has 0 aliphatic rings. The lowest BCUT2D eigenvalue weighted by Gasteiger charge is -2.19. The lowest BCUT2D eigenvalue weighted by molar-refractivity contribution is 0.0523. The molecule has 0 radical (unpaired) electrons. The third kappa shape index (κ3) is 3.24. The Balaban J connectivity index is 2.06. The van der Waals surface area contributed by atoms with Crippen molar-refractivity contribution in [3.8, 4) is 0 Å². The molecule has 2 rings (SSSR count). The first kappa shape index (κ1) is 13.4. The number of halogens is 1. The third-order valence-electron chi connectivity index (χ3n) is 2.57. The van der Waals surface area contributed by atoms with Crippen LogP contribution in [0.5, 0.6) is 0 Å². The van der Waals surface area contributed by atoms with E-state index in [2.05, 4.69) is 10.3 Å². The van der Waals surface area contributed by atoms with E-state index in [1.165, 1.54) is 0 Å². The van der Waals surface area contributed by atoms with Crippen molar-refractivity contribution >= 4 is 17.0 Å². The fourth-order valence-corrected chi connectivity index (χ4v) is 1.76. The van der Waals surface area contributed by atoms with Crippen LogP contribution >= 0.6 is 0 Å². The number of hydrogen-bond acceptors (Lipinski definition) is 2. The summed E-state index contributed by atoms with van der Waals surface area (Å²) < 4.78 is 19.2. The first-order valence-electron chi connectivity index (χ1n) is 6.08. The van der Waals surface area contributed by atoms with Crippen molar-refractivity contribution in [2.75, 3.05) is 0 Å². The summed E-state index contributed by atoms with van der Waals surface area (Å²) in [6, 6.07) is 5.09. The van der Waals surface area contributed by atoms with Crippen molar-refractivity contribution in [2.24, 2.45) is 0 Å². The molecule has 0 aliphatic carbocycles. The summed E-state index contributed by atoms with van der Waals surface area (Å²) >= 11 is 0. The number of aromatic amines is 1. The number of carbonyl (C=O) groups excluding carboxylic acids is 1. The number of nitrogens with one attached hydrogen (secondary N) is 2. The molecule has 0 saturated heterocycles. The topological polar surface area (TPSA) is 54.1 Å². The molecule has 5 heteroatoms. The summed E-state index contributed by atoms with van der Waals surface area (Å²) in [5, 5.41) is 3.06. The van der Waals surface area contributed by atoms with Crippen molar-refractivity contribution in [3.63, 3.8) is 0 Å². The highest BCUT2D eigenvalue weighted by Crippen LogP contribution is 2.20. The average Bonchev–Trinajstić information content (AvgIpc) is 2.74. The van der Waals surface area contributed by atoms with Gasteiger partial charge in [0, 0.05) is 29.2 Å². The van der Waals surface area contributed by atoms with E-state index >= 15 is 0 Å². The van der Waals surface area contributed by atoms with E-state index in [1.807, 2.05) is 0 Å². The molecular weight excluding hydrogens is 247 g/mol. The van der Waals surface area contributed by atoms with Crippen molar-refractivity contribution in [2.45, 2.75) is 32.9 Å². The maximum Gasteiger partial charge on any atom is 0.407 e. The molecule has 0 spiro atoms. The highest BCUT2D eigenvalue weighted by atomic mass is 19.1. The Morgan fingerprint density at radius 2 is 2.11 bits per heavy atom. The minimum atomic E-state index is -0.562. The Bertz CT molecular complexity index is 599. The van der Waals surface area contributed by atoms with Crippen LogP contribution in [0.3, 0.4) is 0 Å². The van der Waals surface area contributed by atoms with Gasteiger partial charge >= 0.3 is 6.09 Å². The van der Waals surface area contributed by atoms with E-state index in [9.17, 15) is 9.18 Å². The van der Waals surface area contributed by atoms with Gasteiger partial charge in [-0.15, -0.1) is 0 Å². The Morgan fingerprint density at radius 1 is 1.37 bits per heavy atom. The second-order valence-corrected chi connectivity index (χ2v) is 5.33. The Labute approximate surface area is 111 Å². The molecule has 0 atom stereocenters. The lowest BCUT2D eigenvalue weighted by atomic mass is 10.1. The van der Waals surface area contributed by atoms with Crippen LogP contribution in [0.2, 0.25) is 0 Å². The minimum absolute atomic E-state index is 0.0991. The summed E-state index contributed by atoms with van der Waals surface area (Å²) in [4.78, 5) is 14.4. The minimum Gasteiger partial charge on any atom is -0.444 e. The van der Waals surface area contributed by atoms with Crippen molar-refractivity contribution < 1.29 is 13.9 Å². The zero-order chi connectivity index (χ0) is 14.0. The van der Waals surface area contributed by atoms with E-state index in [-0.39, 0.29) is 12.4 Å². The van der Waals surface area contributed by atoms with E-state index < -0.39 is 11.7 Å². The Hall–Kier alpha value is -2.04. The maximum absolute atomic E-state index is 14.1.